The fourth-order valence-electron chi connectivity index (χ4n) is 1.44. The van der Waals surface area contributed by atoms with Crippen molar-refractivity contribution < 1.29 is 9.90 Å². The van der Waals surface area contributed by atoms with Crippen LogP contribution in [0.3, 0.4) is 0 Å². The molecule has 0 aliphatic rings. The molecule has 2 atom stereocenters. The minimum Gasteiger partial charge on any atom is -0.382 e. The molecule has 4 nitrogen and oxygen atoms in total. The molecular formula is C12H18N2O2. The van der Waals surface area contributed by atoms with Crippen molar-refractivity contribution in [2.45, 2.75) is 18.9 Å². The third-order valence-corrected chi connectivity index (χ3v) is 2.49. The van der Waals surface area contributed by atoms with E-state index in [9.17, 15) is 9.90 Å². The molecule has 0 aromatic heterocycles. The Labute approximate surface area is 95.5 Å². The number of benzene rings is 1. The minimum atomic E-state index is -1.11. The molecule has 1 aromatic carbocycles. The van der Waals surface area contributed by atoms with Crippen LogP contribution in [0.25, 0.3) is 0 Å². The lowest BCUT2D eigenvalue weighted by Crippen LogP contribution is -2.38. The number of aliphatic hydroxyl groups excluding tert-OH is 1. The smallest absolute Gasteiger partial charge is 0.247 e. The number of carbonyl (C=O) groups is 1. The predicted molar refractivity (Wildman–Crippen MR) is 62.9 cm³/mol. The van der Waals surface area contributed by atoms with Gasteiger partial charge in [-0.05, 0) is 11.5 Å². The number of hydrogen-bond donors (Lipinski definition) is 3. The third-order valence-electron chi connectivity index (χ3n) is 2.49. The Hall–Kier alpha value is -1.39. The summed E-state index contributed by atoms with van der Waals surface area (Å²) in [5, 5.41) is 12.2. The van der Waals surface area contributed by atoms with Crippen LogP contribution in [0, 0.1) is 0 Å². The number of amides is 1. The topological polar surface area (TPSA) is 75.3 Å². The number of carbonyl (C=O) groups excluding carboxylic acids is 1. The highest BCUT2D eigenvalue weighted by molar-refractivity contribution is 5.78. The van der Waals surface area contributed by atoms with E-state index in [0.29, 0.717) is 12.5 Å². The van der Waals surface area contributed by atoms with Crippen LogP contribution in [0.5, 0.6) is 0 Å². The van der Waals surface area contributed by atoms with E-state index < -0.39 is 12.0 Å². The SMILES string of the molecule is CC(CNCC(O)C(N)=O)c1ccccc1. The molecule has 0 aliphatic heterocycles. The molecule has 0 spiro atoms. The van der Waals surface area contributed by atoms with Gasteiger partial charge in [0.2, 0.25) is 5.91 Å². The van der Waals surface area contributed by atoms with Crippen LogP contribution >= 0.6 is 0 Å². The lowest BCUT2D eigenvalue weighted by atomic mass is 10.0. The molecule has 0 bridgehead atoms. The van der Waals surface area contributed by atoms with Gasteiger partial charge in [-0.15, -0.1) is 0 Å². The molecule has 0 fully saturated rings. The zero-order valence-corrected chi connectivity index (χ0v) is 9.39. The number of nitrogens with two attached hydrogens (primary N) is 1. The maximum atomic E-state index is 10.6. The average Bonchev–Trinajstić information content (AvgIpc) is 2.29. The Kier molecular flexibility index (Phi) is 4.95. The quantitative estimate of drug-likeness (QED) is 0.644. The number of hydrogen-bond acceptors (Lipinski definition) is 3. The van der Waals surface area contributed by atoms with Crippen LogP contribution in [0.1, 0.15) is 18.4 Å². The molecule has 88 valence electrons. The molecular weight excluding hydrogens is 204 g/mol. The number of rotatable bonds is 6. The van der Waals surface area contributed by atoms with Crippen molar-refractivity contribution in [1.29, 1.82) is 0 Å². The second-order valence-electron chi connectivity index (χ2n) is 3.89. The molecule has 0 heterocycles. The van der Waals surface area contributed by atoms with Gasteiger partial charge in [0, 0.05) is 13.1 Å². The normalized spacial score (nSPS) is 14.4. The Balaban J connectivity index is 2.31. The first-order chi connectivity index (χ1) is 7.61. The monoisotopic (exact) mass is 222 g/mol. The third kappa shape index (κ3) is 4.00. The van der Waals surface area contributed by atoms with E-state index in [4.69, 9.17) is 5.73 Å². The molecule has 0 aliphatic carbocycles. The average molecular weight is 222 g/mol. The molecule has 0 saturated heterocycles. The van der Waals surface area contributed by atoms with Gasteiger partial charge in [-0.3, -0.25) is 4.79 Å². The zero-order chi connectivity index (χ0) is 12.0. The van der Waals surface area contributed by atoms with Crippen molar-refractivity contribution in [2.75, 3.05) is 13.1 Å². The molecule has 16 heavy (non-hydrogen) atoms. The lowest BCUT2D eigenvalue weighted by molar-refractivity contribution is -0.125. The first-order valence-electron chi connectivity index (χ1n) is 5.34. The van der Waals surface area contributed by atoms with Crippen LogP contribution in [-0.2, 0) is 4.79 Å². The number of aliphatic hydroxyl groups is 1. The van der Waals surface area contributed by atoms with Crippen molar-refractivity contribution in [3.63, 3.8) is 0 Å². The van der Waals surface area contributed by atoms with Gasteiger partial charge in [0.25, 0.3) is 0 Å². The molecule has 1 aromatic rings. The molecule has 4 N–H and O–H groups in total. The van der Waals surface area contributed by atoms with E-state index in [2.05, 4.69) is 24.4 Å². The van der Waals surface area contributed by atoms with Crippen LogP contribution in [0.15, 0.2) is 30.3 Å². The van der Waals surface area contributed by atoms with Gasteiger partial charge in [-0.25, -0.2) is 0 Å². The highest BCUT2D eigenvalue weighted by Crippen LogP contribution is 2.12. The summed E-state index contributed by atoms with van der Waals surface area (Å²) in [4.78, 5) is 10.6. The van der Waals surface area contributed by atoms with Crippen LogP contribution < -0.4 is 11.1 Å². The fraction of sp³-hybridized carbons (Fsp3) is 0.417. The van der Waals surface area contributed by atoms with Gasteiger partial charge in [-0.2, -0.15) is 0 Å². The summed E-state index contributed by atoms with van der Waals surface area (Å²) in [6.07, 6.45) is -1.11. The van der Waals surface area contributed by atoms with Crippen molar-refractivity contribution >= 4 is 5.91 Å². The van der Waals surface area contributed by atoms with E-state index >= 15 is 0 Å². The summed E-state index contributed by atoms with van der Waals surface area (Å²) < 4.78 is 0. The van der Waals surface area contributed by atoms with E-state index in [0.717, 1.165) is 0 Å². The van der Waals surface area contributed by atoms with Crippen molar-refractivity contribution in [2.24, 2.45) is 5.73 Å². The number of primary amides is 1. The van der Waals surface area contributed by atoms with Crippen LogP contribution in [0.2, 0.25) is 0 Å². The molecule has 0 radical (unpaired) electrons. The van der Waals surface area contributed by atoms with E-state index in [1.807, 2.05) is 18.2 Å². The first kappa shape index (κ1) is 12.7. The van der Waals surface area contributed by atoms with Crippen LogP contribution in [-0.4, -0.2) is 30.2 Å². The zero-order valence-electron chi connectivity index (χ0n) is 9.39. The number of nitrogens with one attached hydrogen (secondary N) is 1. The van der Waals surface area contributed by atoms with Gasteiger partial charge < -0.3 is 16.2 Å². The van der Waals surface area contributed by atoms with Gasteiger partial charge in [0.15, 0.2) is 0 Å². The Morgan fingerprint density at radius 2 is 2.00 bits per heavy atom. The maximum absolute atomic E-state index is 10.6. The highest BCUT2D eigenvalue weighted by atomic mass is 16.3. The summed E-state index contributed by atoms with van der Waals surface area (Å²) >= 11 is 0. The standard InChI is InChI=1S/C12H18N2O2/c1-9(10-5-3-2-4-6-10)7-14-8-11(15)12(13)16/h2-6,9,11,14-15H,7-8H2,1H3,(H2,13,16). The van der Waals surface area contributed by atoms with E-state index in [1.54, 1.807) is 0 Å². The van der Waals surface area contributed by atoms with Gasteiger partial charge in [0.1, 0.15) is 6.10 Å². The van der Waals surface area contributed by atoms with E-state index in [1.165, 1.54) is 5.56 Å². The summed E-state index contributed by atoms with van der Waals surface area (Å²) in [5.74, 6) is -0.360. The van der Waals surface area contributed by atoms with Gasteiger partial charge >= 0.3 is 0 Å². The highest BCUT2D eigenvalue weighted by Gasteiger charge is 2.11. The summed E-state index contributed by atoms with van der Waals surface area (Å²) in [7, 11) is 0. The maximum Gasteiger partial charge on any atom is 0.247 e. The molecule has 1 rings (SSSR count). The second kappa shape index (κ2) is 6.25. The predicted octanol–water partition coefficient (Wildman–Crippen LogP) is 0.226. The molecule has 1 amide bonds. The first-order valence-corrected chi connectivity index (χ1v) is 5.34. The minimum absolute atomic E-state index is 0.201. The van der Waals surface area contributed by atoms with Crippen molar-refractivity contribution in [3.05, 3.63) is 35.9 Å². The lowest BCUT2D eigenvalue weighted by Gasteiger charge is -2.14. The summed E-state index contributed by atoms with van der Waals surface area (Å²) in [5.41, 5.74) is 6.16. The molecule has 4 heteroatoms. The van der Waals surface area contributed by atoms with Crippen LogP contribution in [0.4, 0.5) is 0 Å². The Bertz CT molecular complexity index is 327. The second-order valence-corrected chi connectivity index (χ2v) is 3.89. The van der Waals surface area contributed by atoms with Gasteiger partial charge in [0.05, 0.1) is 0 Å². The van der Waals surface area contributed by atoms with Crippen molar-refractivity contribution in [3.8, 4) is 0 Å². The largest absolute Gasteiger partial charge is 0.382 e. The van der Waals surface area contributed by atoms with Gasteiger partial charge in [-0.1, -0.05) is 37.3 Å². The molecule has 0 saturated carbocycles. The molecule has 2 unspecified atom stereocenters. The van der Waals surface area contributed by atoms with E-state index in [-0.39, 0.29) is 6.54 Å². The fourth-order valence-corrected chi connectivity index (χ4v) is 1.44. The Morgan fingerprint density at radius 1 is 1.38 bits per heavy atom. The summed E-state index contributed by atoms with van der Waals surface area (Å²) in [6, 6.07) is 10.1. The van der Waals surface area contributed by atoms with Crippen molar-refractivity contribution in [1.82, 2.24) is 5.32 Å². The summed E-state index contributed by atoms with van der Waals surface area (Å²) in [6.45, 7) is 2.99. The Morgan fingerprint density at radius 3 is 2.56 bits per heavy atom.